The van der Waals surface area contributed by atoms with Gasteiger partial charge in [-0.3, -0.25) is 9.59 Å². The summed E-state index contributed by atoms with van der Waals surface area (Å²) in [6.45, 7) is 12.9. The third-order valence-electron chi connectivity index (χ3n) is 14.6. The summed E-state index contributed by atoms with van der Waals surface area (Å²) in [5.74, 6) is 2.45. The molecule has 368 valence electrons. The lowest BCUT2D eigenvalue weighted by molar-refractivity contribution is -0.164. The van der Waals surface area contributed by atoms with Gasteiger partial charge < -0.3 is 50.0 Å². The number of carbonyl (C=O) groups is 2. The molecule has 69 heavy (non-hydrogen) atoms. The fraction of sp³-hybridized carbons (Fsp3) is 0.549. The molecular weight excluding hydrogens is 898 g/mol. The number of unbranched alkanes of at least 4 members (excludes halogenated alkanes) is 1. The first-order valence-corrected chi connectivity index (χ1v) is 24.7. The van der Waals surface area contributed by atoms with Gasteiger partial charge in [-0.05, 0) is 75.3 Å². The van der Waals surface area contributed by atoms with Gasteiger partial charge in [-0.1, -0.05) is 59.1 Å². The lowest BCUT2D eigenvalue weighted by Gasteiger charge is -2.63. The van der Waals surface area contributed by atoms with Crippen LogP contribution in [0.3, 0.4) is 0 Å². The number of piperidine rings is 1. The largest absolute Gasteiger partial charge is 0.495 e. The number of carbonyl (C=O) groups excluding carboxylic acids is 2. The number of anilines is 5. The van der Waals surface area contributed by atoms with Crippen molar-refractivity contribution in [1.29, 1.82) is 5.26 Å². The highest BCUT2D eigenvalue weighted by Gasteiger charge is 2.64. The molecule has 2 aliphatic heterocycles. The molecule has 2 atom stereocenters. The number of aliphatic hydroxyl groups is 1. The van der Waals surface area contributed by atoms with Crippen LogP contribution in [-0.4, -0.2) is 114 Å². The van der Waals surface area contributed by atoms with E-state index in [1.807, 2.05) is 11.9 Å². The standard InChI is InChI=1S/C51H66ClN11O6/c1-8-39-45(66)61(6)40-30-55-48(59-42(40)63(39)34-13-9-10-14-34)58-38-18-16-31(25-41(38)67-7)43(64)54-21-11-12-24-68-35-19-22-62(23-20-35)49-56-28-33(29-57-49)44(65)60-46-50(2,3)47(51(46,4)5)69-36-17-15-32(27-53)37(52)26-36/h15-18,25-26,28-30,34-35,39,45-47,66H,8-14,19-24H2,1-7H3,(H,54,64)(H,60,65)(H,55,58,59)/t39-,45?,46?,47?/m1/s1. The highest BCUT2D eigenvalue weighted by molar-refractivity contribution is 6.31. The molecule has 2 aromatic carbocycles. The maximum Gasteiger partial charge on any atom is 0.254 e. The van der Waals surface area contributed by atoms with Crippen molar-refractivity contribution in [2.45, 2.75) is 129 Å². The van der Waals surface area contributed by atoms with Gasteiger partial charge in [0.2, 0.25) is 11.9 Å². The summed E-state index contributed by atoms with van der Waals surface area (Å²) in [4.78, 5) is 51.6. The first kappa shape index (κ1) is 49.5. The Morgan fingerprint density at radius 2 is 1.67 bits per heavy atom. The second kappa shape index (κ2) is 21.0. The molecule has 4 N–H and O–H groups in total. The highest BCUT2D eigenvalue weighted by Crippen LogP contribution is 2.55. The molecule has 8 rings (SSSR count). The van der Waals surface area contributed by atoms with Gasteiger partial charge in [0.1, 0.15) is 35.6 Å². The van der Waals surface area contributed by atoms with Crippen LogP contribution in [0.1, 0.15) is 119 Å². The Kier molecular flexibility index (Phi) is 15.0. The van der Waals surface area contributed by atoms with E-state index in [-0.39, 0.29) is 36.1 Å². The number of halogens is 1. The van der Waals surface area contributed by atoms with Crippen molar-refractivity contribution in [3.8, 4) is 17.6 Å². The minimum Gasteiger partial charge on any atom is -0.495 e. The van der Waals surface area contributed by atoms with Gasteiger partial charge in [0.15, 0.2) is 5.82 Å². The summed E-state index contributed by atoms with van der Waals surface area (Å²) in [5, 5.41) is 30.3. The molecular formula is C51H66ClN11O6. The van der Waals surface area contributed by atoms with Crippen molar-refractivity contribution in [3.05, 3.63) is 76.7 Å². The lowest BCUT2D eigenvalue weighted by Crippen LogP contribution is -2.74. The summed E-state index contributed by atoms with van der Waals surface area (Å²) >= 11 is 6.25. The van der Waals surface area contributed by atoms with Crippen molar-refractivity contribution >= 4 is 52.5 Å². The average Bonchev–Trinajstić information content (AvgIpc) is 3.89. The number of nitrogens with zero attached hydrogens (tertiary/aromatic N) is 8. The number of rotatable bonds is 17. The summed E-state index contributed by atoms with van der Waals surface area (Å²) in [6.07, 6.45) is 12.7. The molecule has 2 aromatic heterocycles. The van der Waals surface area contributed by atoms with Crippen molar-refractivity contribution in [3.63, 3.8) is 0 Å². The summed E-state index contributed by atoms with van der Waals surface area (Å²) < 4.78 is 18.3. The Morgan fingerprint density at radius 1 is 0.942 bits per heavy atom. The molecule has 4 aliphatic rings. The minimum absolute atomic E-state index is 0.0721. The van der Waals surface area contributed by atoms with Crippen molar-refractivity contribution < 1.29 is 28.9 Å². The normalized spacial score (nSPS) is 22.0. The number of amides is 2. The molecule has 1 saturated heterocycles. The fourth-order valence-electron chi connectivity index (χ4n) is 11.1. The van der Waals surface area contributed by atoms with Crippen molar-refractivity contribution in [2.75, 3.05) is 60.4 Å². The number of methoxy groups -OCH3 is 1. The first-order valence-electron chi connectivity index (χ1n) is 24.3. The molecule has 3 fully saturated rings. The monoisotopic (exact) mass is 963 g/mol. The molecule has 18 heteroatoms. The van der Waals surface area contributed by atoms with Gasteiger partial charge in [-0.25, -0.2) is 15.0 Å². The molecule has 4 aromatic rings. The zero-order valence-electron chi connectivity index (χ0n) is 40.8. The van der Waals surface area contributed by atoms with Crippen molar-refractivity contribution in [1.82, 2.24) is 30.6 Å². The van der Waals surface area contributed by atoms with Gasteiger partial charge in [0.25, 0.3) is 11.8 Å². The van der Waals surface area contributed by atoms with Gasteiger partial charge in [0, 0.05) is 80.2 Å². The average molecular weight is 965 g/mol. The number of fused-ring (bicyclic) bond motifs is 1. The van der Waals surface area contributed by atoms with E-state index in [0.717, 1.165) is 69.5 Å². The summed E-state index contributed by atoms with van der Waals surface area (Å²) in [7, 11) is 3.45. The molecule has 4 heterocycles. The Bertz CT molecular complexity index is 2490. The summed E-state index contributed by atoms with van der Waals surface area (Å²) in [5.41, 5.74) is 1.91. The topological polar surface area (TPSA) is 203 Å². The van der Waals surface area contributed by atoms with Gasteiger partial charge >= 0.3 is 0 Å². The first-order chi connectivity index (χ1) is 33.1. The molecule has 0 radical (unpaired) electrons. The zero-order valence-corrected chi connectivity index (χ0v) is 41.6. The third kappa shape index (κ3) is 10.3. The number of aliphatic hydroxyl groups excluding tert-OH is 1. The second-order valence-electron chi connectivity index (χ2n) is 19.9. The predicted octanol–water partition coefficient (Wildman–Crippen LogP) is 7.65. The van der Waals surface area contributed by atoms with E-state index in [9.17, 15) is 20.0 Å². The maximum atomic E-state index is 13.4. The number of ether oxygens (including phenoxy) is 3. The molecule has 17 nitrogen and oxygen atoms in total. The van der Waals surface area contributed by atoms with Crippen molar-refractivity contribution in [2.24, 2.45) is 10.8 Å². The van der Waals surface area contributed by atoms with E-state index in [1.54, 1.807) is 62.1 Å². The molecule has 0 bridgehead atoms. The number of benzene rings is 2. The number of aromatic nitrogens is 4. The highest BCUT2D eigenvalue weighted by atomic mass is 35.5. The number of nitrogens with one attached hydrogen (secondary N) is 3. The molecule has 2 aliphatic carbocycles. The van der Waals surface area contributed by atoms with Gasteiger partial charge in [-0.2, -0.15) is 10.2 Å². The maximum absolute atomic E-state index is 13.4. The lowest BCUT2D eigenvalue weighted by atomic mass is 9.49. The van der Waals surface area contributed by atoms with E-state index >= 15 is 0 Å². The van der Waals surface area contributed by atoms with Crippen LogP contribution in [-0.2, 0) is 4.74 Å². The fourth-order valence-corrected chi connectivity index (χ4v) is 11.3. The Morgan fingerprint density at radius 3 is 2.33 bits per heavy atom. The van der Waals surface area contributed by atoms with Crippen LogP contribution in [0.2, 0.25) is 5.02 Å². The van der Waals surface area contributed by atoms with E-state index < -0.39 is 17.1 Å². The van der Waals surface area contributed by atoms with Crippen LogP contribution >= 0.6 is 11.6 Å². The predicted molar refractivity (Wildman–Crippen MR) is 266 cm³/mol. The Labute approximate surface area is 410 Å². The van der Waals surface area contributed by atoms with Crippen LogP contribution in [0.25, 0.3) is 0 Å². The second-order valence-corrected chi connectivity index (χ2v) is 20.3. The number of likely N-dealkylation sites (N-methyl/N-ethyl adjacent to an activating group) is 1. The Balaban J connectivity index is 0.745. The number of hydrogen-bond acceptors (Lipinski definition) is 15. The van der Waals surface area contributed by atoms with E-state index in [0.29, 0.717) is 70.0 Å². The number of nitriles is 1. The van der Waals surface area contributed by atoms with Crippen LogP contribution < -0.4 is 40.1 Å². The Hall–Kier alpha value is -5.96. The smallest absolute Gasteiger partial charge is 0.254 e. The van der Waals surface area contributed by atoms with Crippen LogP contribution in [0.4, 0.5) is 29.1 Å². The quantitative estimate of drug-likeness (QED) is 0.0751. The van der Waals surface area contributed by atoms with E-state index in [4.69, 9.17) is 30.8 Å². The van der Waals surface area contributed by atoms with Crippen LogP contribution in [0, 0.1) is 22.2 Å². The molecule has 1 unspecified atom stereocenters. The van der Waals surface area contributed by atoms with Gasteiger partial charge in [0.05, 0.1) is 47.3 Å². The molecule has 0 spiro atoms. The third-order valence-corrected chi connectivity index (χ3v) is 14.9. The SMILES string of the molecule is CC[C@@H]1C(O)N(C)c2cnc(Nc3ccc(C(=O)NCCCCOC4CCN(c5ncc(C(=O)NC6C(C)(C)C(Oc7ccc(C#N)c(Cl)c7)C6(C)C)cn5)CC4)cc3OC)nc2N1C1CCCC1. The van der Waals surface area contributed by atoms with Crippen LogP contribution in [0.15, 0.2) is 55.0 Å². The van der Waals surface area contributed by atoms with E-state index in [1.165, 1.54) is 12.8 Å². The summed E-state index contributed by atoms with van der Waals surface area (Å²) in [6, 6.07) is 12.5. The molecule has 2 saturated carbocycles. The van der Waals surface area contributed by atoms with Crippen LogP contribution in [0.5, 0.6) is 11.5 Å². The minimum atomic E-state index is -0.645. The molecule has 2 amide bonds. The van der Waals surface area contributed by atoms with Gasteiger partial charge in [-0.15, -0.1) is 0 Å². The number of hydrogen-bond donors (Lipinski definition) is 4. The zero-order chi connectivity index (χ0) is 49.0. The van der Waals surface area contributed by atoms with E-state index in [2.05, 4.69) is 81.4 Å².